The summed E-state index contributed by atoms with van der Waals surface area (Å²) in [6, 6.07) is 14.7. The van der Waals surface area contributed by atoms with Crippen LogP contribution < -0.4 is 9.62 Å². The molecule has 2 rings (SSSR count). The van der Waals surface area contributed by atoms with Gasteiger partial charge >= 0.3 is 0 Å². The van der Waals surface area contributed by atoms with Crippen LogP contribution in [0.1, 0.15) is 56.7 Å². The van der Waals surface area contributed by atoms with E-state index >= 15 is 0 Å². The zero-order valence-corrected chi connectivity index (χ0v) is 22.4. The number of aryl methyl sites for hydroxylation is 2. The van der Waals surface area contributed by atoms with Crippen LogP contribution in [0.4, 0.5) is 5.69 Å². The Hall–Kier alpha value is -2.87. The largest absolute Gasteiger partial charge is 0.355 e. The van der Waals surface area contributed by atoms with Crippen LogP contribution in [0.15, 0.2) is 48.5 Å². The van der Waals surface area contributed by atoms with Gasteiger partial charge in [0.05, 0.1) is 11.9 Å². The number of nitrogens with zero attached hydrogens (tertiary/aromatic N) is 2. The van der Waals surface area contributed by atoms with Gasteiger partial charge < -0.3 is 10.2 Å². The fourth-order valence-electron chi connectivity index (χ4n) is 4.08. The van der Waals surface area contributed by atoms with Gasteiger partial charge in [-0.25, -0.2) is 8.42 Å². The molecular weight excluding hydrogens is 462 g/mol. The number of amides is 2. The lowest BCUT2D eigenvalue weighted by Crippen LogP contribution is -2.49. The van der Waals surface area contributed by atoms with E-state index in [1.165, 1.54) is 10.6 Å². The minimum atomic E-state index is -3.51. The first-order valence-electron chi connectivity index (χ1n) is 12.3. The molecule has 2 aromatic carbocycles. The van der Waals surface area contributed by atoms with E-state index in [2.05, 4.69) is 5.32 Å². The number of benzene rings is 2. The lowest BCUT2D eigenvalue weighted by Gasteiger charge is -2.31. The smallest absolute Gasteiger partial charge is 0.242 e. The molecule has 0 heterocycles. The minimum Gasteiger partial charge on any atom is -0.355 e. The second-order valence-electron chi connectivity index (χ2n) is 8.73. The molecule has 0 bridgehead atoms. The van der Waals surface area contributed by atoms with Gasteiger partial charge in [-0.2, -0.15) is 0 Å². The van der Waals surface area contributed by atoms with Crippen molar-refractivity contribution in [2.75, 3.05) is 23.7 Å². The third-order valence-corrected chi connectivity index (χ3v) is 7.32. The zero-order valence-electron chi connectivity index (χ0n) is 21.6. The summed E-state index contributed by atoms with van der Waals surface area (Å²) in [5.74, 6) is -0.341. The third-order valence-electron chi connectivity index (χ3n) is 6.12. The second-order valence-corrected chi connectivity index (χ2v) is 10.6. The first kappa shape index (κ1) is 28.4. The first-order valence-corrected chi connectivity index (χ1v) is 14.1. The fraction of sp³-hybridized carbons (Fsp3) is 0.481. The van der Waals surface area contributed by atoms with Gasteiger partial charge in [-0.1, -0.05) is 50.2 Å². The molecule has 0 aliphatic rings. The standard InChI is InChI=1S/C27H39N3O4S/c1-6-22-15-17-24(18-16-22)30(35(5,33)34)19-11-14-26(31)29(25(7-2)27(32)28-8-3)20-23-13-10-9-12-21(23)4/h9-10,12-13,15-18,25H,6-8,11,14,19-20H2,1-5H3,(H,28,32)/t25-/m1/s1. The van der Waals surface area contributed by atoms with E-state index < -0.39 is 16.1 Å². The van der Waals surface area contributed by atoms with Crippen molar-refractivity contribution in [1.29, 1.82) is 0 Å². The summed E-state index contributed by atoms with van der Waals surface area (Å²) in [4.78, 5) is 27.8. The topological polar surface area (TPSA) is 86.8 Å². The van der Waals surface area contributed by atoms with Gasteiger partial charge in [0.1, 0.15) is 6.04 Å². The van der Waals surface area contributed by atoms with Gasteiger partial charge in [-0.05, 0) is 61.9 Å². The lowest BCUT2D eigenvalue weighted by molar-refractivity contribution is -0.141. The summed E-state index contributed by atoms with van der Waals surface area (Å²) >= 11 is 0. The lowest BCUT2D eigenvalue weighted by atomic mass is 10.1. The normalized spacial score (nSPS) is 12.1. The van der Waals surface area contributed by atoms with Crippen LogP contribution in [0, 0.1) is 6.92 Å². The number of rotatable bonds is 13. The number of anilines is 1. The number of hydrogen-bond donors (Lipinski definition) is 1. The highest BCUT2D eigenvalue weighted by molar-refractivity contribution is 7.92. The van der Waals surface area contributed by atoms with Gasteiger partial charge in [0.15, 0.2) is 0 Å². The molecule has 2 amide bonds. The summed E-state index contributed by atoms with van der Waals surface area (Å²) in [7, 11) is -3.51. The van der Waals surface area contributed by atoms with E-state index in [0.717, 1.165) is 23.1 Å². The molecule has 0 fully saturated rings. The molecule has 0 aliphatic carbocycles. The Labute approximate surface area is 210 Å². The Bertz CT molecular complexity index is 1080. The summed E-state index contributed by atoms with van der Waals surface area (Å²) in [6.07, 6.45) is 3.02. The second kappa shape index (κ2) is 13.3. The number of nitrogens with one attached hydrogen (secondary N) is 1. The van der Waals surface area contributed by atoms with Crippen molar-refractivity contribution in [3.8, 4) is 0 Å². The van der Waals surface area contributed by atoms with Crippen LogP contribution in [0.3, 0.4) is 0 Å². The van der Waals surface area contributed by atoms with E-state index in [1.54, 1.807) is 17.0 Å². The van der Waals surface area contributed by atoms with E-state index in [4.69, 9.17) is 0 Å². The Morgan fingerprint density at radius 1 is 1.00 bits per heavy atom. The van der Waals surface area contributed by atoms with Gasteiger partial charge in [0, 0.05) is 26.1 Å². The molecule has 0 spiro atoms. The van der Waals surface area contributed by atoms with Crippen LogP contribution in [0.25, 0.3) is 0 Å². The highest BCUT2D eigenvalue weighted by atomic mass is 32.2. The average Bonchev–Trinajstić information content (AvgIpc) is 2.82. The Balaban J connectivity index is 2.20. The van der Waals surface area contributed by atoms with Crippen LogP contribution in [-0.2, 0) is 32.6 Å². The van der Waals surface area contributed by atoms with Crippen molar-refractivity contribution in [2.45, 2.75) is 66.0 Å². The Morgan fingerprint density at radius 3 is 2.20 bits per heavy atom. The van der Waals surface area contributed by atoms with Crippen molar-refractivity contribution < 1.29 is 18.0 Å². The molecule has 0 aliphatic heterocycles. The zero-order chi connectivity index (χ0) is 26.0. The molecule has 0 unspecified atom stereocenters. The van der Waals surface area contributed by atoms with Crippen LogP contribution >= 0.6 is 0 Å². The first-order chi connectivity index (χ1) is 16.6. The molecule has 2 aromatic rings. The van der Waals surface area contributed by atoms with Crippen molar-refractivity contribution in [3.05, 3.63) is 65.2 Å². The molecule has 0 saturated carbocycles. The molecule has 1 N–H and O–H groups in total. The van der Waals surface area contributed by atoms with Gasteiger partial charge in [0.25, 0.3) is 0 Å². The van der Waals surface area contributed by atoms with E-state index in [1.807, 2.05) is 64.1 Å². The summed E-state index contributed by atoms with van der Waals surface area (Å²) in [5, 5.41) is 2.84. The predicted molar refractivity (Wildman–Crippen MR) is 142 cm³/mol. The van der Waals surface area contributed by atoms with Crippen molar-refractivity contribution in [1.82, 2.24) is 10.2 Å². The van der Waals surface area contributed by atoms with Crippen LogP contribution in [-0.4, -0.2) is 50.5 Å². The predicted octanol–water partition coefficient (Wildman–Crippen LogP) is 4.05. The number of carbonyl (C=O) groups excluding carboxylic acids is 2. The van der Waals surface area contributed by atoms with Crippen LogP contribution in [0.5, 0.6) is 0 Å². The summed E-state index contributed by atoms with van der Waals surface area (Å²) in [6.45, 7) is 8.78. The molecule has 1 atom stereocenters. The quantitative estimate of drug-likeness (QED) is 0.449. The fourth-order valence-corrected chi connectivity index (χ4v) is 5.05. The molecule has 0 radical (unpaired) electrons. The third kappa shape index (κ3) is 8.09. The summed E-state index contributed by atoms with van der Waals surface area (Å²) < 4.78 is 26.3. The maximum atomic E-state index is 13.4. The van der Waals surface area contributed by atoms with Gasteiger partial charge in [-0.15, -0.1) is 0 Å². The molecule has 192 valence electrons. The Morgan fingerprint density at radius 2 is 1.66 bits per heavy atom. The number of hydrogen-bond acceptors (Lipinski definition) is 4. The molecule has 0 aromatic heterocycles. The minimum absolute atomic E-state index is 0.140. The Kier molecular flexibility index (Phi) is 10.8. The molecule has 8 heteroatoms. The highest BCUT2D eigenvalue weighted by Gasteiger charge is 2.28. The van der Waals surface area contributed by atoms with Gasteiger partial charge in [0.2, 0.25) is 21.8 Å². The molecule has 0 saturated heterocycles. The van der Waals surface area contributed by atoms with E-state index in [9.17, 15) is 18.0 Å². The van der Waals surface area contributed by atoms with E-state index in [0.29, 0.717) is 31.6 Å². The van der Waals surface area contributed by atoms with Crippen molar-refractivity contribution >= 4 is 27.5 Å². The highest BCUT2D eigenvalue weighted by Crippen LogP contribution is 2.21. The molecule has 7 nitrogen and oxygen atoms in total. The number of sulfonamides is 1. The van der Waals surface area contributed by atoms with Crippen LogP contribution in [0.2, 0.25) is 0 Å². The SMILES string of the molecule is CCNC(=O)[C@@H](CC)N(Cc1ccccc1C)C(=O)CCCN(c1ccc(CC)cc1)S(C)(=O)=O. The van der Waals surface area contributed by atoms with E-state index in [-0.39, 0.29) is 24.8 Å². The molecule has 35 heavy (non-hydrogen) atoms. The maximum absolute atomic E-state index is 13.4. The molecular formula is C27H39N3O4S. The van der Waals surface area contributed by atoms with Gasteiger partial charge in [-0.3, -0.25) is 13.9 Å². The maximum Gasteiger partial charge on any atom is 0.242 e. The number of likely N-dealkylation sites (N-methyl/N-ethyl adjacent to an activating group) is 1. The monoisotopic (exact) mass is 501 g/mol. The van der Waals surface area contributed by atoms with Crippen molar-refractivity contribution in [3.63, 3.8) is 0 Å². The van der Waals surface area contributed by atoms with Crippen molar-refractivity contribution in [2.24, 2.45) is 0 Å². The summed E-state index contributed by atoms with van der Waals surface area (Å²) in [5.41, 5.74) is 3.75. The number of carbonyl (C=O) groups is 2. The average molecular weight is 502 g/mol.